The van der Waals surface area contributed by atoms with Crippen molar-refractivity contribution in [3.8, 4) is 0 Å². The van der Waals surface area contributed by atoms with Crippen LogP contribution in [-0.2, 0) is 0 Å². The number of guanidine groups is 1. The maximum Gasteiger partial charge on any atom is 0.191 e. The third-order valence-electron chi connectivity index (χ3n) is 2.58. The highest BCUT2D eigenvalue weighted by Crippen LogP contribution is 1.91. The summed E-state index contributed by atoms with van der Waals surface area (Å²) in [5, 5.41) is 9.81. The van der Waals surface area contributed by atoms with E-state index < -0.39 is 0 Å². The third-order valence-corrected chi connectivity index (χ3v) is 2.58. The number of piperazine rings is 1. The largest absolute Gasteiger partial charge is 0.357 e. The Morgan fingerprint density at radius 2 is 1.76 bits per heavy atom. The van der Waals surface area contributed by atoms with Crippen LogP contribution in [0.4, 0.5) is 0 Å². The lowest BCUT2D eigenvalue weighted by Gasteiger charge is -2.26. The Labute approximate surface area is 115 Å². The second-order valence-electron chi connectivity index (χ2n) is 3.88. The van der Waals surface area contributed by atoms with Crippen molar-refractivity contribution in [3.05, 3.63) is 0 Å². The minimum atomic E-state index is 0. The van der Waals surface area contributed by atoms with Crippen molar-refractivity contribution in [2.75, 3.05) is 52.4 Å². The molecule has 0 aromatic carbocycles. The summed E-state index contributed by atoms with van der Waals surface area (Å²) in [6.45, 7) is 12.4. The van der Waals surface area contributed by atoms with E-state index in [1.807, 2.05) is 0 Å². The van der Waals surface area contributed by atoms with E-state index in [1.165, 1.54) is 0 Å². The Morgan fingerprint density at radius 1 is 1.18 bits per heavy atom. The molecule has 17 heavy (non-hydrogen) atoms. The molecule has 0 spiro atoms. The quantitative estimate of drug-likeness (QED) is 0.496. The van der Waals surface area contributed by atoms with Gasteiger partial charge in [0.25, 0.3) is 0 Å². The fourth-order valence-corrected chi connectivity index (χ4v) is 1.75. The molecule has 1 fully saturated rings. The Balaban J connectivity index is 0.00000256. The summed E-state index contributed by atoms with van der Waals surface area (Å²) in [5.41, 5.74) is 0. The molecule has 0 aliphatic carbocycles. The van der Waals surface area contributed by atoms with E-state index in [0.29, 0.717) is 0 Å². The van der Waals surface area contributed by atoms with E-state index in [-0.39, 0.29) is 17.0 Å². The van der Waals surface area contributed by atoms with Crippen molar-refractivity contribution in [2.45, 2.75) is 13.8 Å². The van der Waals surface area contributed by atoms with Crippen LogP contribution in [-0.4, -0.2) is 63.2 Å². The van der Waals surface area contributed by atoms with Crippen LogP contribution in [0, 0.1) is 0 Å². The van der Waals surface area contributed by atoms with E-state index >= 15 is 0 Å². The predicted molar refractivity (Wildman–Crippen MR) is 79.3 cm³/mol. The topological polar surface area (TPSA) is 51.7 Å². The Kier molecular flexibility index (Phi) is 10.6. The first-order chi connectivity index (χ1) is 7.86. The first-order valence-corrected chi connectivity index (χ1v) is 6.32. The second-order valence-corrected chi connectivity index (χ2v) is 3.88. The molecule has 1 rings (SSSR count). The standard InChI is InChI=1S/C11H25N5.BrH/c1-3-13-11(14-4-2)15-7-10-16-8-5-12-6-9-16;/h12H,3-10H2,1-2H3,(H2,13,14,15);1H. The number of hydrogen-bond acceptors (Lipinski definition) is 3. The summed E-state index contributed by atoms with van der Waals surface area (Å²) in [5.74, 6) is 0.931. The highest BCUT2D eigenvalue weighted by Gasteiger charge is 2.07. The van der Waals surface area contributed by atoms with Crippen molar-refractivity contribution in [2.24, 2.45) is 4.99 Å². The molecule has 6 heteroatoms. The zero-order valence-corrected chi connectivity index (χ0v) is 12.7. The number of nitrogens with one attached hydrogen (secondary N) is 3. The van der Waals surface area contributed by atoms with Gasteiger partial charge in [-0.1, -0.05) is 0 Å². The molecule has 0 unspecified atom stereocenters. The van der Waals surface area contributed by atoms with Crippen LogP contribution in [0.3, 0.4) is 0 Å². The third kappa shape index (κ3) is 7.57. The van der Waals surface area contributed by atoms with E-state index in [2.05, 4.69) is 39.7 Å². The molecule has 0 atom stereocenters. The highest BCUT2D eigenvalue weighted by molar-refractivity contribution is 8.93. The minimum Gasteiger partial charge on any atom is -0.357 e. The summed E-state index contributed by atoms with van der Waals surface area (Å²) >= 11 is 0. The van der Waals surface area contributed by atoms with Crippen LogP contribution in [0.15, 0.2) is 4.99 Å². The summed E-state index contributed by atoms with van der Waals surface area (Å²) < 4.78 is 0. The average Bonchev–Trinajstić information content (AvgIpc) is 2.31. The van der Waals surface area contributed by atoms with Crippen molar-refractivity contribution < 1.29 is 0 Å². The van der Waals surface area contributed by atoms with Gasteiger partial charge in [-0.3, -0.25) is 9.89 Å². The van der Waals surface area contributed by atoms with Gasteiger partial charge in [-0.05, 0) is 13.8 Å². The number of hydrogen-bond donors (Lipinski definition) is 3. The zero-order chi connectivity index (χ0) is 11.6. The summed E-state index contributed by atoms with van der Waals surface area (Å²) in [6, 6.07) is 0. The SMILES string of the molecule is Br.CCNC(=NCCN1CCNCC1)NCC. The molecule has 1 aliphatic rings. The molecule has 0 saturated carbocycles. The summed E-state index contributed by atoms with van der Waals surface area (Å²) in [7, 11) is 0. The smallest absolute Gasteiger partial charge is 0.191 e. The van der Waals surface area contributed by atoms with Crippen molar-refractivity contribution >= 4 is 22.9 Å². The van der Waals surface area contributed by atoms with E-state index in [1.54, 1.807) is 0 Å². The zero-order valence-electron chi connectivity index (χ0n) is 11.0. The maximum atomic E-state index is 4.53. The molecule has 1 heterocycles. The fourth-order valence-electron chi connectivity index (χ4n) is 1.75. The van der Waals surface area contributed by atoms with Crippen LogP contribution >= 0.6 is 17.0 Å². The summed E-state index contributed by atoms with van der Waals surface area (Å²) in [4.78, 5) is 6.98. The van der Waals surface area contributed by atoms with E-state index in [0.717, 1.165) is 58.3 Å². The maximum absolute atomic E-state index is 4.53. The van der Waals surface area contributed by atoms with Crippen LogP contribution in [0.1, 0.15) is 13.8 Å². The molecule has 102 valence electrons. The van der Waals surface area contributed by atoms with Crippen LogP contribution < -0.4 is 16.0 Å². The normalized spacial score (nSPS) is 15.9. The highest BCUT2D eigenvalue weighted by atomic mass is 79.9. The van der Waals surface area contributed by atoms with Gasteiger partial charge in [0.15, 0.2) is 5.96 Å². The fraction of sp³-hybridized carbons (Fsp3) is 0.909. The second kappa shape index (κ2) is 10.8. The monoisotopic (exact) mass is 307 g/mol. The van der Waals surface area contributed by atoms with Gasteiger partial charge in [-0.25, -0.2) is 0 Å². The molecule has 0 radical (unpaired) electrons. The molecule has 1 saturated heterocycles. The molecular formula is C11H26BrN5. The van der Waals surface area contributed by atoms with Crippen LogP contribution in [0.5, 0.6) is 0 Å². The van der Waals surface area contributed by atoms with Crippen LogP contribution in [0.2, 0.25) is 0 Å². The van der Waals surface area contributed by atoms with Gasteiger partial charge < -0.3 is 16.0 Å². The minimum absolute atomic E-state index is 0. The Morgan fingerprint density at radius 3 is 2.29 bits per heavy atom. The number of nitrogens with zero attached hydrogens (tertiary/aromatic N) is 2. The van der Waals surface area contributed by atoms with Crippen molar-refractivity contribution in [3.63, 3.8) is 0 Å². The predicted octanol–water partition coefficient (Wildman–Crippen LogP) is 0.0445. The molecule has 0 aromatic heterocycles. The number of rotatable bonds is 5. The Bertz CT molecular complexity index is 196. The van der Waals surface area contributed by atoms with Gasteiger partial charge in [-0.2, -0.15) is 0 Å². The lowest BCUT2D eigenvalue weighted by atomic mass is 10.3. The molecule has 3 N–H and O–H groups in total. The molecule has 0 aromatic rings. The van der Waals surface area contributed by atoms with Gasteiger partial charge in [0, 0.05) is 45.8 Å². The van der Waals surface area contributed by atoms with Gasteiger partial charge in [0.1, 0.15) is 0 Å². The number of aliphatic imine (C=N–C) groups is 1. The lowest BCUT2D eigenvalue weighted by Crippen LogP contribution is -2.44. The Hall–Kier alpha value is -0.330. The van der Waals surface area contributed by atoms with Crippen LogP contribution in [0.25, 0.3) is 0 Å². The number of halogens is 1. The molecular weight excluding hydrogens is 282 g/mol. The molecule has 1 aliphatic heterocycles. The van der Waals surface area contributed by atoms with Gasteiger partial charge >= 0.3 is 0 Å². The van der Waals surface area contributed by atoms with Gasteiger partial charge in [0.05, 0.1) is 6.54 Å². The van der Waals surface area contributed by atoms with E-state index in [4.69, 9.17) is 0 Å². The average molecular weight is 308 g/mol. The molecule has 0 amide bonds. The van der Waals surface area contributed by atoms with Gasteiger partial charge in [0.2, 0.25) is 0 Å². The molecule has 0 bridgehead atoms. The van der Waals surface area contributed by atoms with Crippen molar-refractivity contribution in [1.82, 2.24) is 20.9 Å². The van der Waals surface area contributed by atoms with E-state index in [9.17, 15) is 0 Å². The van der Waals surface area contributed by atoms with Gasteiger partial charge in [-0.15, -0.1) is 17.0 Å². The first-order valence-electron chi connectivity index (χ1n) is 6.32. The lowest BCUT2D eigenvalue weighted by molar-refractivity contribution is 0.247. The van der Waals surface area contributed by atoms with Crippen molar-refractivity contribution in [1.29, 1.82) is 0 Å². The molecule has 5 nitrogen and oxygen atoms in total. The first kappa shape index (κ1) is 16.7. The summed E-state index contributed by atoms with van der Waals surface area (Å²) in [6.07, 6.45) is 0.